The lowest BCUT2D eigenvalue weighted by Crippen LogP contribution is -2.10. The first-order chi connectivity index (χ1) is 24.1. The van der Waals surface area contributed by atoms with Gasteiger partial charge in [0.15, 0.2) is 0 Å². The van der Waals surface area contributed by atoms with Gasteiger partial charge in [0, 0.05) is 16.7 Å². The molecule has 258 valence electrons. The second-order valence-corrected chi connectivity index (χ2v) is 16.7. The fraction of sp³-hybridized carbons (Fsp3) is 0.267. The molecule has 0 amide bonds. The molecule has 0 aliphatic carbocycles. The van der Waals surface area contributed by atoms with Crippen LogP contribution in [0.2, 0.25) is 0 Å². The molecular weight excluding hydrogens is 625 g/mol. The van der Waals surface area contributed by atoms with Crippen molar-refractivity contribution in [3.63, 3.8) is 0 Å². The number of imidazole rings is 3. The minimum atomic E-state index is 0.0884. The van der Waals surface area contributed by atoms with Gasteiger partial charge in [-0.1, -0.05) is 141 Å². The summed E-state index contributed by atoms with van der Waals surface area (Å²) >= 11 is 0. The molecule has 7 rings (SSSR count). The molecule has 0 radical (unpaired) electrons. The number of hydrogen-bond acceptors (Lipinski definition) is 3. The summed E-state index contributed by atoms with van der Waals surface area (Å²) in [5.74, 6) is 2.33. The zero-order chi connectivity index (χ0) is 36.1. The molecule has 7 aromatic rings. The molecule has 0 fully saturated rings. The molecule has 0 aliphatic heterocycles. The number of rotatable bonds is 6. The fourth-order valence-corrected chi connectivity index (χ4v) is 6.37. The zero-order valence-corrected chi connectivity index (χ0v) is 31.2. The third kappa shape index (κ3) is 7.09. The van der Waals surface area contributed by atoms with Crippen LogP contribution in [0.25, 0.3) is 67.9 Å². The van der Waals surface area contributed by atoms with Crippen molar-refractivity contribution in [2.75, 3.05) is 0 Å². The Labute approximate surface area is 301 Å². The highest BCUT2D eigenvalue weighted by Crippen LogP contribution is 2.36. The van der Waals surface area contributed by atoms with Crippen molar-refractivity contribution in [3.8, 4) is 67.9 Å². The minimum Gasteiger partial charge on any atom is -0.338 e. The van der Waals surface area contributed by atoms with Crippen LogP contribution in [0.3, 0.4) is 0 Å². The molecule has 0 saturated heterocycles. The summed E-state index contributed by atoms with van der Waals surface area (Å²) in [6, 6.07) is 32.5. The summed E-state index contributed by atoms with van der Waals surface area (Å²) in [5, 5.41) is 0. The fourth-order valence-electron chi connectivity index (χ4n) is 6.37. The van der Waals surface area contributed by atoms with E-state index in [0.29, 0.717) is 0 Å². The Balaban J connectivity index is 1.26. The molecule has 0 atom stereocenters. The highest BCUT2D eigenvalue weighted by Gasteiger charge is 2.20. The second kappa shape index (κ2) is 12.7. The largest absolute Gasteiger partial charge is 0.338 e. The second-order valence-electron chi connectivity index (χ2n) is 16.7. The normalized spacial score (nSPS) is 12.4. The Hall–Kier alpha value is -5.49. The van der Waals surface area contributed by atoms with Crippen LogP contribution in [-0.4, -0.2) is 29.9 Å². The van der Waals surface area contributed by atoms with E-state index in [2.05, 4.69) is 168 Å². The highest BCUT2D eigenvalue weighted by molar-refractivity contribution is 5.83. The van der Waals surface area contributed by atoms with E-state index in [4.69, 9.17) is 15.0 Å². The molecule has 0 unspecified atom stereocenters. The Kier molecular flexibility index (Phi) is 8.45. The van der Waals surface area contributed by atoms with Crippen molar-refractivity contribution < 1.29 is 0 Å². The molecule has 51 heavy (non-hydrogen) atoms. The van der Waals surface area contributed by atoms with Crippen LogP contribution in [0.15, 0.2) is 110 Å². The van der Waals surface area contributed by atoms with Crippen molar-refractivity contribution in [2.45, 2.75) is 78.6 Å². The molecule has 6 heteroatoms. The summed E-state index contributed by atoms with van der Waals surface area (Å²) < 4.78 is 0. The number of aromatic amines is 3. The number of benzene rings is 4. The van der Waals surface area contributed by atoms with Crippen molar-refractivity contribution in [3.05, 3.63) is 126 Å². The number of H-pyrrole nitrogens is 3. The van der Waals surface area contributed by atoms with Gasteiger partial charge in [-0.2, -0.15) is 0 Å². The van der Waals surface area contributed by atoms with Gasteiger partial charge in [0.1, 0.15) is 17.5 Å². The molecule has 0 spiro atoms. The van der Waals surface area contributed by atoms with Crippen LogP contribution in [0, 0.1) is 0 Å². The van der Waals surface area contributed by atoms with Crippen molar-refractivity contribution in [2.24, 2.45) is 0 Å². The average Bonchev–Trinajstić information content (AvgIpc) is 3.89. The lowest BCUT2D eigenvalue weighted by molar-refractivity contribution is 0.590. The summed E-state index contributed by atoms with van der Waals surface area (Å²) in [6.45, 7) is 20.1. The maximum atomic E-state index is 4.91. The summed E-state index contributed by atoms with van der Waals surface area (Å²) in [6.07, 6.45) is 5.73. The topological polar surface area (TPSA) is 86.0 Å². The molecule has 0 bridgehead atoms. The van der Waals surface area contributed by atoms with Gasteiger partial charge in [-0.25, -0.2) is 15.0 Å². The molecule has 3 aromatic heterocycles. The first kappa shape index (κ1) is 34.0. The van der Waals surface area contributed by atoms with E-state index in [-0.39, 0.29) is 16.2 Å². The monoisotopic (exact) mass is 672 g/mol. The summed E-state index contributed by atoms with van der Waals surface area (Å²) in [4.78, 5) is 25.4. The molecule has 3 heterocycles. The van der Waals surface area contributed by atoms with Gasteiger partial charge < -0.3 is 15.0 Å². The molecule has 6 nitrogen and oxygen atoms in total. The molecular formula is C45H48N6. The molecule has 4 aromatic carbocycles. The van der Waals surface area contributed by atoms with E-state index in [1.807, 2.05) is 18.6 Å². The predicted molar refractivity (Wildman–Crippen MR) is 212 cm³/mol. The summed E-state index contributed by atoms with van der Waals surface area (Å²) in [7, 11) is 0. The maximum absolute atomic E-state index is 4.91. The van der Waals surface area contributed by atoms with E-state index in [0.717, 1.165) is 67.9 Å². The smallest absolute Gasteiger partial charge is 0.138 e. The zero-order valence-electron chi connectivity index (χ0n) is 31.2. The third-order valence-corrected chi connectivity index (χ3v) is 9.72. The lowest BCUT2D eigenvalue weighted by atomic mass is 9.86. The SMILES string of the molecule is CC(C)(C)c1ccc(-c2cnc(-c3ccc(-c4ncc(-c5ccc(C(C)(C)C)cc5)[nH]4)c(-c4ncc(-c5ccc(C(C)(C)C)cc5)[nH]4)c3)[nH]2)cc1. The first-order valence-corrected chi connectivity index (χ1v) is 17.8. The van der Waals surface area contributed by atoms with Gasteiger partial charge in [0.05, 0.1) is 35.7 Å². The Morgan fingerprint density at radius 3 is 1.04 bits per heavy atom. The predicted octanol–water partition coefficient (Wildman–Crippen LogP) is 11.8. The van der Waals surface area contributed by atoms with Crippen LogP contribution in [0.4, 0.5) is 0 Å². The minimum absolute atomic E-state index is 0.0884. The van der Waals surface area contributed by atoms with Crippen LogP contribution in [-0.2, 0) is 16.2 Å². The van der Waals surface area contributed by atoms with Crippen molar-refractivity contribution in [1.29, 1.82) is 0 Å². The number of aromatic nitrogens is 6. The van der Waals surface area contributed by atoms with E-state index >= 15 is 0 Å². The van der Waals surface area contributed by atoms with Crippen LogP contribution in [0.1, 0.15) is 79.0 Å². The van der Waals surface area contributed by atoms with Crippen molar-refractivity contribution >= 4 is 0 Å². The van der Waals surface area contributed by atoms with Gasteiger partial charge in [-0.05, 0) is 61.8 Å². The standard InChI is InChI=1S/C45H48N6/c1-43(2,3)32-17-10-28(11-18-32)37-25-46-40(49-37)31-16-23-35(41-47-26-38(50-41)29-12-19-33(20-13-29)44(4,5)6)36(24-31)42-48-27-39(51-42)30-14-21-34(22-15-30)45(7,8)9/h10-27H,1-9H3,(H,46,49)(H,47,50)(H,48,51). The molecule has 3 N–H and O–H groups in total. The molecule has 0 aliphatic rings. The van der Waals surface area contributed by atoms with Gasteiger partial charge in [-0.15, -0.1) is 0 Å². The van der Waals surface area contributed by atoms with Gasteiger partial charge >= 0.3 is 0 Å². The van der Waals surface area contributed by atoms with E-state index in [1.54, 1.807) is 0 Å². The van der Waals surface area contributed by atoms with Crippen LogP contribution >= 0.6 is 0 Å². The highest BCUT2D eigenvalue weighted by atomic mass is 14.9. The maximum Gasteiger partial charge on any atom is 0.138 e. The number of hydrogen-bond donors (Lipinski definition) is 3. The van der Waals surface area contributed by atoms with E-state index < -0.39 is 0 Å². The number of nitrogens with zero attached hydrogens (tertiary/aromatic N) is 3. The van der Waals surface area contributed by atoms with Gasteiger partial charge in [0.25, 0.3) is 0 Å². The molecule has 0 saturated carbocycles. The van der Waals surface area contributed by atoms with Crippen LogP contribution < -0.4 is 0 Å². The first-order valence-electron chi connectivity index (χ1n) is 17.8. The van der Waals surface area contributed by atoms with Crippen LogP contribution in [0.5, 0.6) is 0 Å². The number of nitrogens with one attached hydrogen (secondary N) is 3. The summed E-state index contributed by atoms with van der Waals surface area (Å²) in [5.41, 5.74) is 13.2. The van der Waals surface area contributed by atoms with E-state index in [9.17, 15) is 0 Å². The Morgan fingerprint density at radius 2 is 0.667 bits per heavy atom. The quantitative estimate of drug-likeness (QED) is 0.164. The van der Waals surface area contributed by atoms with E-state index in [1.165, 1.54) is 16.7 Å². The lowest BCUT2D eigenvalue weighted by Gasteiger charge is -2.19. The Morgan fingerprint density at radius 1 is 0.353 bits per heavy atom. The average molecular weight is 673 g/mol. The van der Waals surface area contributed by atoms with Gasteiger partial charge in [-0.3, -0.25) is 0 Å². The van der Waals surface area contributed by atoms with Crippen molar-refractivity contribution in [1.82, 2.24) is 29.9 Å². The van der Waals surface area contributed by atoms with Gasteiger partial charge in [0.2, 0.25) is 0 Å². The third-order valence-electron chi connectivity index (χ3n) is 9.72. The Bertz CT molecular complexity index is 2280.